The number of rotatable bonds is 8. The molecule has 0 bridgehead atoms. The van der Waals surface area contributed by atoms with Gasteiger partial charge in [-0.2, -0.15) is 4.39 Å². The first-order valence-corrected chi connectivity index (χ1v) is 13.3. The minimum atomic E-state index is -0.677. The van der Waals surface area contributed by atoms with Crippen LogP contribution < -0.4 is 16.0 Å². The first kappa shape index (κ1) is 26.1. The minimum Gasteiger partial charge on any atom is -0.366 e. The molecule has 0 spiro atoms. The van der Waals surface area contributed by atoms with Gasteiger partial charge in [-0.05, 0) is 68.8 Å². The van der Waals surface area contributed by atoms with Crippen molar-refractivity contribution in [3.05, 3.63) is 59.5 Å². The molecular formula is C28H34F2N8. The first-order chi connectivity index (χ1) is 18.4. The summed E-state index contributed by atoms with van der Waals surface area (Å²) in [6, 6.07) is 0.293. The molecule has 3 N–H and O–H groups in total. The lowest BCUT2D eigenvalue weighted by Crippen LogP contribution is -2.42. The van der Waals surface area contributed by atoms with E-state index >= 15 is 0 Å². The normalized spacial score (nSPS) is 23.5. The van der Waals surface area contributed by atoms with Crippen LogP contribution >= 0.6 is 0 Å². The highest BCUT2D eigenvalue weighted by molar-refractivity contribution is 5.92. The molecule has 0 radical (unpaired) electrons. The van der Waals surface area contributed by atoms with Gasteiger partial charge < -0.3 is 16.0 Å². The summed E-state index contributed by atoms with van der Waals surface area (Å²) in [4.78, 5) is 22.4. The molecule has 38 heavy (non-hydrogen) atoms. The molecule has 3 atom stereocenters. The van der Waals surface area contributed by atoms with E-state index in [0.717, 1.165) is 49.1 Å². The number of hydrogen-bond acceptors (Lipinski definition) is 8. The smallest absolute Gasteiger partial charge is 0.194 e. The Kier molecular flexibility index (Phi) is 7.87. The van der Waals surface area contributed by atoms with E-state index in [0.29, 0.717) is 29.5 Å². The van der Waals surface area contributed by atoms with Crippen molar-refractivity contribution < 1.29 is 8.78 Å². The van der Waals surface area contributed by atoms with Crippen LogP contribution in [0.2, 0.25) is 0 Å². The Bertz CT molecular complexity index is 1340. The highest BCUT2D eigenvalue weighted by Crippen LogP contribution is 2.44. The summed E-state index contributed by atoms with van der Waals surface area (Å²) in [5.41, 5.74) is 1.99. The van der Waals surface area contributed by atoms with Gasteiger partial charge in [0.05, 0.1) is 11.7 Å². The van der Waals surface area contributed by atoms with E-state index in [-0.39, 0.29) is 18.2 Å². The second kappa shape index (κ2) is 11.5. The largest absolute Gasteiger partial charge is 0.366 e. The highest BCUT2D eigenvalue weighted by atomic mass is 19.1. The van der Waals surface area contributed by atoms with Crippen LogP contribution in [0, 0.1) is 5.92 Å². The van der Waals surface area contributed by atoms with Crippen molar-refractivity contribution in [1.82, 2.24) is 25.6 Å². The summed E-state index contributed by atoms with van der Waals surface area (Å²) >= 11 is 0. The number of aliphatic imine (C=N–C) groups is 2. The third kappa shape index (κ3) is 5.96. The molecular weight excluding hydrogens is 486 g/mol. The Morgan fingerprint density at radius 1 is 1.21 bits per heavy atom. The lowest BCUT2D eigenvalue weighted by molar-refractivity contribution is 0.368. The van der Waals surface area contributed by atoms with Gasteiger partial charge >= 0.3 is 0 Å². The van der Waals surface area contributed by atoms with E-state index in [1.807, 2.05) is 13.1 Å². The fourth-order valence-corrected chi connectivity index (χ4v) is 4.88. The van der Waals surface area contributed by atoms with Gasteiger partial charge in [0.15, 0.2) is 17.6 Å². The third-order valence-electron chi connectivity index (χ3n) is 7.12. The fourth-order valence-electron chi connectivity index (χ4n) is 4.88. The second-order valence-electron chi connectivity index (χ2n) is 10.2. The molecule has 0 aromatic carbocycles. The number of aromatic nitrogens is 3. The summed E-state index contributed by atoms with van der Waals surface area (Å²) in [5, 5.41) is 11.1. The maximum atomic E-state index is 14.5. The number of piperidine rings is 1. The van der Waals surface area contributed by atoms with Gasteiger partial charge in [0.1, 0.15) is 17.5 Å². The predicted octanol–water partition coefficient (Wildman–Crippen LogP) is 5.40. The fraction of sp³-hybridized carbons (Fsp3) is 0.464. The Morgan fingerprint density at radius 3 is 2.82 bits per heavy atom. The Balaban J connectivity index is 1.52. The number of hydrogen-bond donors (Lipinski definition) is 3. The summed E-state index contributed by atoms with van der Waals surface area (Å²) < 4.78 is 28.4. The number of anilines is 1. The molecule has 4 heterocycles. The zero-order valence-electron chi connectivity index (χ0n) is 22.0. The average molecular weight is 521 g/mol. The molecule has 2 aromatic rings. The zero-order chi connectivity index (χ0) is 26.6. The van der Waals surface area contributed by atoms with Crippen molar-refractivity contribution >= 4 is 28.9 Å². The standard InChI is InChI=1S/C28H34F2N8/c1-4-33-24(37-27-20(29)6-5-7-23(30)36-27)12-16(2)26-35-22-15-32-14-19(18-8-9-18)25(22)28(38-26)34-21-10-11-31-13-17(21)3/h4-6,12,14-18,21,31,37H,7-11,13H2,1-3H3,(H,34,35,38)/b24-12+,33-4-. The van der Waals surface area contributed by atoms with Crippen LogP contribution in [0.4, 0.5) is 14.6 Å². The van der Waals surface area contributed by atoms with Crippen LogP contribution in [0.3, 0.4) is 0 Å². The quantitative estimate of drug-likeness (QED) is 0.403. The van der Waals surface area contributed by atoms with Gasteiger partial charge in [-0.3, -0.25) is 4.98 Å². The van der Waals surface area contributed by atoms with Crippen molar-refractivity contribution in [2.75, 3.05) is 18.4 Å². The van der Waals surface area contributed by atoms with Gasteiger partial charge in [-0.25, -0.2) is 24.3 Å². The summed E-state index contributed by atoms with van der Waals surface area (Å²) in [7, 11) is 0. The van der Waals surface area contributed by atoms with Crippen LogP contribution in [0.5, 0.6) is 0 Å². The molecule has 2 aromatic heterocycles. The van der Waals surface area contributed by atoms with Crippen LogP contribution in [0.1, 0.15) is 69.7 Å². The third-order valence-corrected chi connectivity index (χ3v) is 7.12. The maximum Gasteiger partial charge on any atom is 0.194 e. The van der Waals surface area contributed by atoms with Crippen molar-refractivity contribution in [1.29, 1.82) is 0 Å². The molecule has 1 saturated carbocycles. The number of nitrogens with one attached hydrogen (secondary N) is 3. The van der Waals surface area contributed by atoms with E-state index < -0.39 is 11.8 Å². The molecule has 1 aliphatic carbocycles. The second-order valence-corrected chi connectivity index (χ2v) is 10.2. The molecule has 200 valence electrons. The van der Waals surface area contributed by atoms with E-state index in [2.05, 4.69) is 37.8 Å². The lowest BCUT2D eigenvalue weighted by atomic mass is 9.95. The number of halogens is 2. The summed E-state index contributed by atoms with van der Waals surface area (Å²) in [6.07, 6.45) is 13.0. The van der Waals surface area contributed by atoms with E-state index in [4.69, 9.17) is 9.97 Å². The first-order valence-electron chi connectivity index (χ1n) is 13.3. The predicted molar refractivity (Wildman–Crippen MR) is 148 cm³/mol. The Hall–Kier alpha value is -3.53. The number of nitrogens with zero attached hydrogens (tertiary/aromatic N) is 5. The highest BCUT2D eigenvalue weighted by Gasteiger charge is 2.29. The van der Waals surface area contributed by atoms with E-state index in [1.54, 1.807) is 25.4 Å². The Morgan fingerprint density at radius 2 is 2.05 bits per heavy atom. The van der Waals surface area contributed by atoms with Crippen molar-refractivity contribution in [2.45, 2.75) is 64.3 Å². The van der Waals surface area contributed by atoms with E-state index in [9.17, 15) is 8.78 Å². The maximum absolute atomic E-state index is 14.5. The summed E-state index contributed by atoms with van der Waals surface area (Å²) in [5.74, 6) is 0.842. The molecule has 2 fully saturated rings. The van der Waals surface area contributed by atoms with Crippen molar-refractivity contribution in [3.63, 3.8) is 0 Å². The molecule has 5 rings (SSSR count). The number of allylic oxidation sites excluding steroid dienone is 4. The molecule has 10 heteroatoms. The van der Waals surface area contributed by atoms with Crippen LogP contribution in [-0.4, -0.2) is 46.3 Å². The minimum absolute atomic E-state index is 0.0572. The average Bonchev–Trinajstić information content (AvgIpc) is 3.75. The monoisotopic (exact) mass is 520 g/mol. The van der Waals surface area contributed by atoms with Gasteiger partial charge in [0.2, 0.25) is 0 Å². The zero-order valence-corrected chi connectivity index (χ0v) is 22.0. The number of fused-ring (bicyclic) bond motifs is 1. The molecule has 3 unspecified atom stereocenters. The van der Waals surface area contributed by atoms with Gasteiger partial charge in [0, 0.05) is 36.2 Å². The van der Waals surface area contributed by atoms with E-state index in [1.165, 1.54) is 17.7 Å². The van der Waals surface area contributed by atoms with Crippen molar-refractivity contribution in [3.8, 4) is 0 Å². The molecule has 3 aliphatic rings. The molecule has 0 amide bonds. The topological polar surface area (TPSA) is 99.5 Å². The molecule has 1 saturated heterocycles. The van der Waals surface area contributed by atoms with Gasteiger partial charge in [-0.1, -0.05) is 19.9 Å². The van der Waals surface area contributed by atoms with Crippen LogP contribution in [0.15, 0.2) is 58.1 Å². The molecule has 2 aliphatic heterocycles. The van der Waals surface area contributed by atoms with Crippen LogP contribution in [-0.2, 0) is 0 Å². The van der Waals surface area contributed by atoms with Gasteiger partial charge in [0.25, 0.3) is 0 Å². The van der Waals surface area contributed by atoms with Gasteiger partial charge in [-0.15, -0.1) is 0 Å². The summed E-state index contributed by atoms with van der Waals surface area (Å²) in [6.45, 7) is 7.86. The lowest BCUT2D eigenvalue weighted by Gasteiger charge is -2.31. The van der Waals surface area contributed by atoms with Crippen molar-refractivity contribution in [2.24, 2.45) is 15.9 Å². The molecule has 8 nitrogen and oxygen atoms in total. The number of pyridine rings is 1. The van der Waals surface area contributed by atoms with Crippen LogP contribution in [0.25, 0.3) is 10.9 Å². The SMILES string of the molecule is C/C=N\C(=C/C(C)c1nc(NC2CCNCC2C)c2c(C3CC3)cncc2n1)NC1=C(F)C=CCC(F)=N1. The Labute approximate surface area is 221 Å².